The second-order valence-electron chi connectivity index (χ2n) is 5.81. The number of hydrogen-bond donors (Lipinski definition) is 2. The fraction of sp³-hybridized carbons (Fsp3) is 0.462. The number of piperidine rings is 1. The highest BCUT2D eigenvalue weighted by atomic mass is 16.3. The predicted octanol–water partition coefficient (Wildman–Crippen LogP) is 0.0241. The van der Waals surface area contributed by atoms with Crippen molar-refractivity contribution in [2.75, 3.05) is 0 Å². The van der Waals surface area contributed by atoms with E-state index < -0.39 is 5.91 Å². The molecule has 20 heavy (non-hydrogen) atoms. The number of hydrogen-bond acceptors (Lipinski definition) is 5. The molecule has 1 aromatic heterocycles. The van der Waals surface area contributed by atoms with E-state index in [2.05, 4.69) is 0 Å². The Kier molecular flexibility index (Phi) is 2.52. The lowest BCUT2D eigenvalue weighted by molar-refractivity contribution is -0.144. The molecule has 1 aliphatic heterocycles. The van der Waals surface area contributed by atoms with Crippen molar-refractivity contribution in [2.24, 2.45) is 23.1 Å². The summed E-state index contributed by atoms with van der Waals surface area (Å²) in [7, 11) is 0. The fourth-order valence-corrected chi connectivity index (χ4v) is 2.98. The van der Waals surface area contributed by atoms with Crippen molar-refractivity contribution in [3.63, 3.8) is 0 Å². The molecule has 1 aromatic rings. The van der Waals surface area contributed by atoms with Gasteiger partial charge in [0.25, 0.3) is 5.91 Å². The molecule has 3 amide bonds. The van der Waals surface area contributed by atoms with Crippen LogP contribution >= 0.6 is 0 Å². The normalized spacial score (nSPS) is 26.6. The molecule has 106 valence electrons. The zero-order valence-corrected chi connectivity index (χ0v) is 11.2. The van der Waals surface area contributed by atoms with Crippen molar-refractivity contribution in [3.05, 3.63) is 23.7 Å². The topological polar surface area (TPSA) is 106 Å². The number of nitrogens with one attached hydrogen (secondary N) is 1. The highest BCUT2D eigenvalue weighted by Gasteiger charge is 2.72. The Morgan fingerprint density at radius 1 is 1.40 bits per heavy atom. The quantitative estimate of drug-likeness (QED) is 0.351. The van der Waals surface area contributed by atoms with E-state index in [0.29, 0.717) is 5.76 Å². The first-order valence-corrected chi connectivity index (χ1v) is 6.31. The number of imide groups is 1. The number of hydrazine groups is 1. The minimum absolute atomic E-state index is 0.0542. The first-order valence-electron chi connectivity index (χ1n) is 6.31. The molecule has 0 spiro atoms. The third-order valence-electron chi connectivity index (χ3n) is 4.25. The Labute approximate surface area is 115 Å². The highest BCUT2D eigenvalue weighted by Crippen LogP contribution is 2.63. The molecule has 2 heterocycles. The van der Waals surface area contributed by atoms with Crippen LogP contribution in [0.4, 0.5) is 0 Å². The van der Waals surface area contributed by atoms with E-state index in [9.17, 15) is 14.4 Å². The van der Waals surface area contributed by atoms with Crippen LogP contribution in [-0.2, 0) is 16.1 Å². The van der Waals surface area contributed by atoms with Crippen LogP contribution in [0.15, 0.2) is 16.7 Å². The van der Waals surface area contributed by atoms with Gasteiger partial charge in [0.05, 0.1) is 23.9 Å². The Hall–Kier alpha value is -2.15. The first kappa shape index (κ1) is 12.9. The number of nitrogens with zero attached hydrogens (tertiary/aromatic N) is 1. The predicted molar refractivity (Wildman–Crippen MR) is 66.7 cm³/mol. The fourth-order valence-electron chi connectivity index (χ4n) is 2.98. The van der Waals surface area contributed by atoms with Crippen LogP contribution in [0.2, 0.25) is 0 Å². The molecule has 2 fully saturated rings. The van der Waals surface area contributed by atoms with E-state index in [0.717, 1.165) is 0 Å². The van der Waals surface area contributed by atoms with Gasteiger partial charge in [0.1, 0.15) is 12.0 Å². The molecule has 7 heteroatoms. The number of nitrogens with two attached hydrogens (primary N) is 1. The van der Waals surface area contributed by atoms with E-state index >= 15 is 0 Å². The summed E-state index contributed by atoms with van der Waals surface area (Å²) in [5.41, 5.74) is 2.02. The number of furan rings is 1. The third-order valence-corrected chi connectivity index (χ3v) is 4.25. The molecule has 1 aliphatic carbocycles. The number of carbonyl (C=O) groups excluding carboxylic acids is 3. The van der Waals surface area contributed by atoms with Crippen molar-refractivity contribution in [3.8, 4) is 0 Å². The van der Waals surface area contributed by atoms with E-state index in [1.165, 1.54) is 17.2 Å². The Bertz CT molecular complexity index is 595. The van der Waals surface area contributed by atoms with Gasteiger partial charge in [-0.1, -0.05) is 13.8 Å². The molecular weight excluding hydrogens is 262 g/mol. The third kappa shape index (κ3) is 1.59. The van der Waals surface area contributed by atoms with Crippen LogP contribution in [0.25, 0.3) is 0 Å². The van der Waals surface area contributed by atoms with Gasteiger partial charge in [-0.3, -0.25) is 24.7 Å². The van der Waals surface area contributed by atoms with Crippen LogP contribution < -0.4 is 11.3 Å². The van der Waals surface area contributed by atoms with Crippen molar-refractivity contribution < 1.29 is 18.8 Å². The average molecular weight is 277 g/mol. The molecule has 2 atom stereocenters. The Morgan fingerprint density at radius 2 is 2.00 bits per heavy atom. The number of carbonyl (C=O) groups is 3. The van der Waals surface area contributed by atoms with E-state index in [-0.39, 0.29) is 41.2 Å². The van der Waals surface area contributed by atoms with Gasteiger partial charge < -0.3 is 4.42 Å². The van der Waals surface area contributed by atoms with Gasteiger partial charge >= 0.3 is 0 Å². The van der Waals surface area contributed by atoms with Crippen molar-refractivity contribution in [1.82, 2.24) is 10.3 Å². The van der Waals surface area contributed by atoms with E-state index in [1.807, 2.05) is 19.3 Å². The summed E-state index contributed by atoms with van der Waals surface area (Å²) in [6.45, 7) is 3.90. The molecule has 1 saturated heterocycles. The van der Waals surface area contributed by atoms with Gasteiger partial charge in [0.2, 0.25) is 11.8 Å². The van der Waals surface area contributed by atoms with Crippen molar-refractivity contribution in [1.29, 1.82) is 0 Å². The molecule has 0 radical (unpaired) electrons. The summed E-state index contributed by atoms with van der Waals surface area (Å²) in [6, 6.07) is 1.47. The number of rotatable bonds is 3. The maximum Gasteiger partial charge on any atom is 0.268 e. The largest absolute Gasteiger partial charge is 0.467 e. The molecule has 2 unspecified atom stereocenters. The maximum atomic E-state index is 12.1. The van der Waals surface area contributed by atoms with Crippen LogP contribution in [0.1, 0.15) is 30.0 Å². The second kappa shape index (κ2) is 3.92. The van der Waals surface area contributed by atoms with E-state index in [1.54, 1.807) is 0 Å². The minimum Gasteiger partial charge on any atom is -0.467 e. The lowest BCUT2D eigenvalue weighted by Crippen LogP contribution is -2.35. The molecule has 3 rings (SSSR count). The smallest absolute Gasteiger partial charge is 0.268 e. The van der Waals surface area contributed by atoms with Crippen molar-refractivity contribution in [2.45, 2.75) is 20.4 Å². The molecule has 7 nitrogen and oxygen atoms in total. The monoisotopic (exact) mass is 277 g/mol. The zero-order chi connectivity index (χ0) is 14.7. The van der Waals surface area contributed by atoms with Crippen LogP contribution in [0, 0.1) is 17.3 Å². The van der Waals surface area contributed by atoms with Gasteiger partial charge in [0.15, 0.2) is 0 Å². The SMILES string of the molecule is CC1(C)C2C(=O)N(Cc3cc(C(=O)NN)co3)C(=O)C21. The minimum atomic E-state index is -0.483. The van der Waals surface area contributed by atoms with Crippen LogP contribution in [0.3, 0.4) is 0 Å². The van der Waals surface area contributed by atoms with Crippen molar-refractivity contribution >= 4 is 17.7 Å². The van der Waals surface area contributed by atoms with Gasteiger partial charge in [-0.15, -0.1) is 0 Å². The molecule has 2 aliphatic rings. The van der Waals surface area contributed by atoms with Gasteiger partial charge in [-0.25, -0.2) is 5.84 Å². The summed E-state index contributed by atoms with van der Waals surface area (Å²) in [5.74, 6) is 4.17. The average Bonchev–Trinajstić information content (AvgIpc) is 2.74. The number of fused-ring (bicyclic) bond motifs is 1. The van der Waals surface area contributed by atoms with Crippen LogP contribution in [0.5, 0.6) is 0 Å². The summed E-state index contributed by atoms with van der Waals surface area (Å²) >= 11 is 0. The van der Waals surface area contributed by atoms with E-state index in [4.69, 9.17) is 10.3 Å². The molecule has 0 bridgehead atoms. The molecule has 3 N–H and O–H groups in total. The maximum absolute atomic E-state index is 12.1. The van der Waals surface area contributed by atoms with Crippen LogP contribution in [-0.4, -0.2) is 22.6 Å². The van der Waals surface area contributed by atoms with Gasteiger partial charge in [-0.2, -0.15) is 0 Å². The summed E-state index contributed by atoms with van der Waals surface area (Å²) < 4.78 is 5.19. The lowest BCUT2D eigenvalue weighted by Gasteiger charge is -2.19. The number of nitrogen functional groups attached to an aromatic ring is 1. The number of amides is 3. The molecule has 1 saturated carbocycles. The highest BCUT2D eigenvalue weighted by molar-refractivity contribution is 6.10. The molecular formula is C13H15N3O4. The first-order chi connectivity index (χ1) is 9.37. The Morgan fingerprint density at radius 3 is 2.55 bits per heavy atom. The Balaban J connectivity index is 1.74. The second-order valence-corrected chi connectivity index (χ2v) is 5.81. The zero-order valence-electron chi connectivity index (χ0n) is 11.2. The lowest BCUT2D eigenvalue weighted by atomic mass is 10.1. The summed E-state index contributed by atoms with van der Waals surface area (Å²) in [5, 5.41) is 0. The van der Waals surface area contributed by atoms with Gasteiger partial charge in [-0.05, 0) is 11.5 Å². The summed E-state index contributed by atoms with van der Waals surface area (Å²) in [6.07, 6.45) is 1.24. The number of likely N-dealkylation sites (tertiary alicyclic amines) is 1. The summed E-state index contributed by atoms with van der Waals surface area (Å²) in [4.78, 5) is 36.8. The molecule has 0 aromatic carbocycles. The van der Waals surface area contributed by atoms with Gasteiger partial charge in [0, 0.05) is 0 Å². The standard InChI is InChI=1S/C13H15N3O4/c1-13(2)8-9(13)12(19)16(11(8)18)4-7-3-6(5-20-7)10(17)15-14/h3,5,8-9H,4,14H2,1-2H3,(H,15,17).